The number of halogens is 1. The molecule has 0 spiro atoms. The van der Waals surface area contributed by atoms with Crippen molar-refractivity contribution in [3.05, 3.63) is 35.9 Å². The summed E-state index contributed by atoms with van der Waals surface area (Å²) < 4.78 is 26.8. The van der Waals surface area contributed by atoms with Gasteiger partial charge in [-0.1, -0.05) is 30.3 Å². The first-order valence-corrected chi connectivity index (χ1v) is 7.64. The van der Waals surface area contributed by atoms with Gasteiger partial charge in [-0.25, -0.2) is 9.08 Å². The molecule has 0 saturated carbocycles. The summed E-state index contributed by atoms with van der Waals surface area (Å²) >= 11 is 0. The maximum Gasteiger partial charge on any atom is 0.357 e. The van der Waals surface area contributed by atoms with Gasteiger partial charge in [0.05, 0.1) is 0 Å². The second-order valence-electron chi connectivity index (χ2n) is 3.91. The number of rotatable bonds is 4. The molecule has 1 aliphatic heterocycles. The van der Waals surface area contributed by atoms with E-state index in [0.717, 1.165) is 4.90 Å². The molecule has 1 atom stereocenters. The van der Waals surface area contributed by atoms with Crippen LogP contribution in [0.15, 0.2) is 30.3 Å². The summed E-state index contributed by atoms with van der Waals surface area (Å²) in [6.07, 6.45) is -1.28. The lowest BCUT2D eigenvalue weighted by Gasteiger charge is -2.24. The van der Waals surface area contributed by atoms with Crippen LogP contribution in [0.2, 0.25) is 0 Å². The minimum Gasteiger partial charge on any atom is -0.274 e. The highest BCUT2D eigenvalue weighted by Crippen LogP contribution is 2.30. The second kappa shape index (κ2) is 5.28. The highest BCUT2D eigenvalue weighted by atomic mass is 35.7. The fraction of sp³-hybridized carbons (Fsp3) is 0.273. The lowest BCUT2D eigenvalue weighted by Crippen LogP contribution is -2.35. The van der Waals surface area contributed by atoms with Crippen LogP contribution in [-0.4, -0.2) is 25.1 Å². The fourth-order valence-electron chi connectivity index (χ4n) is 1.83. The van der Waals surface area contributed by atoms with E-state index in [0.29, 0.717) is 5.56 Å². The van der Waals surface area contributed by atoms with Crippen LogP contribution in [0, 0.1) is 0 Å². The summed E-state index contributed by atoms with van der Waals surface area (Å²) in [6.45, 7) is 0. The molecule has 0 radical (unpaired) electrons. The molecule has 0 bridgehead atoms. The molecule has 19 heavy (non-hydrogen) atoms. The quantitative estimate of drug-likeness (QED) is 0.619. The van der Waals surface area contributed by atoms with Crippen molar-refractivity contribution in [2.45, 2.75) is 19.1 Å². The van der Waals surface area contributed by atoms with Crippen LogP contribution in [0.1, 0.15) is 24.6 Å². The SMILES string of the molecule is O=C1CCC(=O)N1C(OS(=O)(=O)Cl)c1ccccc1. The largest absolute Gasteiger partial charge is 0.357 e. The maximum atomic E-state index is 11.7. The van der Waals surface area contributed by atoms with Gasteiger partial charge in [-0.3, -0.25) is 9.59 Å². The van der Waals surface area contributed by atoms with Crippen molar-refractivity contribution in [3.63, 3.8) is 0 Å². The summed E-state index contributed by atoms with van der Waals surface area (Å²) in [5, 5.41) is 0. The van der Waals surface area contributed by atoms with Gasteiger partial charge in [0.25, 0.3) is 0 Å². The third kappa shape index (κ3) is 3.31. The van der Waals surface area contributed by atoms with Gasteiger partial charge < -0.3 is 0 Å². The van der Waals surface area contributed by atoms with E-state index >= 15 is 0 Å². The highest BCUT2D eigenvalue weighted by Gasteiger charge is 2.38. The van der Waals surface area contributed by atoms with Gasteiger partial charge in [0.15, 0.2) is 6.23 Å². The van der Waals surface area contributed by atoms with Crippen LogP contribution >= 0.6 is 10.7 Å². The molecule has 0 aliphatic carbocycles. The third-order valence-electron chi connectivity index (χ3n) is 2.62. The molecular formula is C11H10ClNO5S. The molecule has 6 nitrogen and oxygen atoms in total. The van der Waals surface area contributed by atoms with E-state index < -0.39 is 27.4 Å². The van der Waals surface area contributed by atoms with E-state index in [1.807, 2.05) is 0 Å². The number of carbonyl (C=O) groups is 2. The number of imide groups is 1. The van der Waals surface area contributed by atoms with Crippen LogP contribution in [0.3, 0.4) is 0 Å². The summed E-state index contributed by atoms with van der Waals surface area (Å²) in [6, 6.07) is 8.08. The highest BCUT2D eigenvalue weighted by molar-refractivity contribution is 8.10. The molecule has 1 aromatic carbocycles. The Morgan fingerprint density at radius 3 is 2.11 bits per heavy atom. The molecule has 2 amide bonds. The summed E-state index contributed by atoms with van der Waals surface area (Å²) in [7, 11) is 0.723. The number of benzene rings is 1. The number of amides is 2. The van der Waals surface area contributed by atoms with Gasteiger partial charge in [0.2, 0.25) is 11.8 Å². The van der Waals surface area contributed by atoms with Gasteiger partial charge >= 0.3 is 9.33 Å². The van der Waals surface area contributed by atoms with Crippen LogP contribution in [-0.2, 0) is 23.1 Å². The minimum absolute atomic E-state index is 0.0356. The normalized spacial score (nSPS) is 17.8. The van der Waals surface area contributed by atoms with E-state index in [1.165, 1.54) is 0 Å². The Kier molecular flexibility index (Phi) is 3.88. The molecule has 1 heterocycles. The first kappa shape index (κ1) is 14.0. The Labute approximate surface area is 114 Å². The second-order valence-corrected chi connectivity index (χ2v) is 6.02. The number of carbonyl (C=O) groups excluding carboxylic acids is 2. The van der Waals surface area contributed by atoms with E-state index in [2.05, 4.69) is 4.18 Å². The van der Waals surface area contributed by atoms with Crippen molar-refractivity contribution in [3.8, 4) is 0 Å². The number of nitrogens with zero attached hydrogens (tertiary/aromatic N) is 1. The van der Waals surface area contributed by atoms with Crippen LogP contribution in [0.5, 0.6) is 0 Å². The van der Waals surface area contributed by atoms with Crippen molar-refractivity contribution in [2.24, 2.45) is 0 Å². The Bertz CT molecular complexity index is 585. The van der Waals surface area contributed by atoms with Gasteiger partial charge in [0, 0.05) is 29.1 Å². The molecule has 0 N–H and O–H groups in total. The zero-order valence-corrected chi connectivity index (χ0v) is 11.2. The smallest absolute Gasteiger partial charge is 0.274 e. The Hall–Kier alpha value is -1.44. The lowest BCUT2D eigenvalue weighted by atomic mass is 10.2. The molecule has 8 heteroatoms. The lowest BCUT2D eigenvalue weighted by molar-refractivity contribution is -0.147. The first-order valence-electron chi connectivity index (χ1n) is 5.41. The number of hydrogen-bond acceptors (Lipinski definition) is 5. The average molecular weight is 304 g/mol. The predicted molar refractivity (Wildman–Crippen MR) is 66.1 cm³/mol. The van der Waals surface area contributed by atoms with Crippen LogP contribution in [0.25, 0.3) is 0 Å². The van der Waals surface area contributed by atoms with Crippen molar-refractivity contribution in [2.75, 3.05) is 0 Å². The maximum absolute atomic E-state index is 11.7. The fourth-order valence-corrected chi connectivity index (χ4v) is 2.45. The van der Waals surface area contributed by atoms with E-state index in [9.17, 15) is 18.0 Å². The monoisotopic (exact) mass is 303 g/mol. The van der Waals surface area contributed by atoms with Crippen molar-refractivity contribution >= 4 is 31.8 Å². The van der Waals surface area contributed by atoms with Gasteiger partial charge in [-0.05, 0) is 0 Å². The van der Waals surface area contributed by atoms with E-state index in [4.69, 9.17) is 10.7 Å². The summed E-state index contributed by atoms with van der Waals surface area (Å²) in [5.74, 6) is -0.974. The number of likely N-dealkylation sites (tertiary alicyclic amines) is 1. The first-order chi connectivity index (χ1) is 8.88. The Morgan fingerprint density at radius 2 is 1.63 bits per heavy atom. The molecule has 1 unspecified atom stereocenters. The van der Waals surface area contributed by atoms with E-state index in [1.54, 1.807) is 30.3 Å². The minimum atomic E-state index is -4.33. The molecule has 102 valence electrons. The standard InChI is InChI=1S/C11H10ClNO5S/c12-19(16,17)18-11(8-4-2-1-3-5-8)13-9(14)6-7-10(13)15/h1-5,11H,6-7H2. The summed E-state index contributed by atoms with van der Waals surface area (Å²) in [5.41, 5.74) is 0.357. The zero-order chi connectivity index (χ0) is 14.0. The average Bonchev–Trinajstić information content (AvgIpc) is 2.66. The zero-order valence-electron chi connectivity index (χ0n) is 9.65. The van der Waals surface area contributed by atoms with Crippen molar-refractivity contribution in [1.82, 2.24) is 4.90 Å². The number of hydrogen-bond donors (Lipinski definition) is 0. The topological polar surface area (TPSA) is 80.8 Å². The van der Waals surface area contributed by atoms with Crippen LogP contribution < -0.4 is 0 Å². The van der Waals surface area contributed by atoms with Gasteiger partial charge in [-0.15, -0.1) is 0 Å². The third-order valence-corrected chi connectivity index (χ3v) is 3.25. The van der Waals surface area contributed by atoms with Gasteiger partial charge in [0.1, 0.15) is 0 Å². The molecular weight excluding hydrogens is 294 g/mol. The van der Waals surface area contributed by atoms with Crippen molar-refractivity contribution < 1.29 is 22.2 Å². The molecule has 1 aromatic rings. The summed E-state index contributed by atoms with van der Waals surface area (Å²) in [4.78, 5) is 24.1. The predicted octanol–water partition coefficient (Wildman–Crippen LogP) is 1.33. The molecule has 1 fully saturated rings. The Morgan fingerprint density at radius 1 is 1.11 bits per heavy atom. The van der Waals surface area contributed by atoms with E-state index in [-0.39, 0.29) is 12.8 Å². The van der Waals surface area contributed by atoms with Gasteiger partial charge in [-0.2, -0.15) is 8.42 Å². The molecule has 0 aromatic heterocycles. The Balaban J connectivity index is 2.40. The molecule has 1 saturated heterocycles. The molecule has 1 aliphatic rings. The van der Waals surface area contributed by atoms with Crippen LogP contribution in [0.4, 0.5) is 0 Å². The molecule has 2 rings (SSSR count). The van der Waals surface area contributed by atoms with Crippen molar-refractivity contribution in [1.29, 1.82) is 0 Å².